The van der Waals surface area contributed by atoms with Gasteiger partial charge in [0.05, 0.1) is 17.9 Å². The first-order valence-electron chi connectivity index (χ1n) is 5.06. The van der Waals surface area contributed by atoms with Gasteiger partial charge in [-0.25, -0.2) is 0 Å². The van der Waals surface area contributed by atoms with Crippen LogP contribution in [-0.2, 0) is 0 Å². The Kier molecular flexibility index (Phi) is 4.66. The van der Waals surface area contributed by atoms with Crippen LogP contribution in [0.3, 0.4) is 0 Å². The minimum atomic E-state index is 0.00389. The van der Waals surface area contributed by atoms with E-state index < -0.39 is 0 Å². The van der Waals surface area contributed by atoms with Crippen molar-refractivity contribution in [3.8, 4) is 6.07 Å². The Balaban J connectivity index is 3.19. The Bertz CT molecular complexity index is 400. The van der Waals surface area contributed by atoms with E-state index in [4.69, 9.17) is 5.11 Å². The zero-order valence-corrected chi connectivity index (χ0v) is 10.6. The monoisotopic (exact) mass is 236 g/mol. The van der Waals surface area contributed by atoms with Gasteiger partial charge in [-0.3, -0.25) is 0 Å². The number of rotatable bonds is 4. The number of hydrogen-bond donors (Lipinski definition) is 1. The molecule has 1 aromatic carbocycles. The molecule has 3 nitrogen and oxygen atoms in total. The number of benzene rings is 1. The van der Waals surface area contributed by atoms with Crippen LogP contribution in [0.1, 0.15) is 12.5 Å². The second-order valence-electron chi connectivity index (χ2n) is 3.61. The van der Waals surface area contributed by atoms with Gasteiger partial charge >= 0.3 is 0 Å². The molecule has 1 unspecified atom stereocenters. The summed E-state index contributed by atoms with van der Waals surface area (Å²) in [4.78, 5) is 2.90. The highest BCUT2D eigenvalue weighted by Crippen LogP contribution is 2.29. The fraction of sp³-hybridized carbons (Fsp3) is 0.417. The maximum absolute atomic E-state index is 9.18. The van der Waals surface area contributed by atoms with Crippen LogP contribution in [0.15, 0.2) is 23.1 Å². The van der Waals surface area contributed by atoms with Crippen LogP contribution in [-0.4, -0.2) is 31.1 Å². The quantitative estimate of drug-likeness (QED) is 0.813. The minimum Gasteiger partial charge on any atom is -0.394 e. The zero-order valence-electron chi connectivity index (χ0n) is 9.77. The van der Waals surface area contributed by atoms with E-state index in [-0.39, 0.29) is 12.6 Å². The lowest BCUT2D eigenvalue weighted by Gasteiger charge is -2.26. The van der Waals surface area contributed by atoms with Crippen molar-refractivity contribution in [2.24, 2.45) is 0 Å². The summed E-state index contributed by atoms with van der Waals surface area (Å²) in [5.41, 5.74) is 1.55. The molecule has 0 aliphatic rings. The van der Waals surface area contributed by atoms with Crippen molar-refractivity contribution in [3.63, 3.8) is 0 Å². The summed E-state index contributed by atoms with van der Waals surface area (Å²) in [6.45, 7) is 2.00. The van der Waals surface area contributed by atoms with Gasteiger partial charge in [0, 0.05) is 18.0 Å². The molecule has 1 N–H and O–H groups in total. The molecule has 86 valence electrons. The largest absolute Gasteiger partial charge is 0.394 e. The van der Waals surface area contributed by atoms with Crippen molar-refractivity contribution in [2.45, 2.75) is 17.9 Å². The molecule has 0 fully saturated rings. The van der Waals surface area contributed by atoms with Crippen LogP contribution < -0.4 is 4.90 Å². The molecule has 0 aromatic heterocycles. The van der Waals surface area contributed by atoms with Gasteiger partial charge in [0.25, 0.3) is 0 Å². The summed E-state index contributed by atoms with van der Waals surface area (Å²) >= 11 is 1.56. The molecule has 0 radical (unpaired) electrons. The second kappa shape index (κ2) is 5.78. The third-order valence-corrected chi connectivity index (χ3v) is 3.42. The summed E-state index contributed by atoms with van der Waals surface area (Å²) in [5.74, 6) is 0. The predicted molar refractivity (Wildman–Crippen MR) is 67.9 cm³/mol. The van der Waals surface area contributed by atoms with Gasteiger partial charge in [-0.2, -0.15) is 5.26 Å². The van der Waals surface area contributed by atoms with E-state index in [0.717, 1.165) is 10.6 Å². The molecular formula is C12H16N2OS. The van der Waals surface area contributed by atoms with Crippen molar-refractivity contribution >= 4 is 17.4 Å². The average Bonchev–Trinajstić information content (AvgIpc) is 2.35. The van der Waals surface area contributed by atoms with E-state index in [1.807, 2.05) is 43.3 Å². The number of likely N-dealkylation sites (N-methyl/N-ethyl adjacent to an activating group) is 1. The first-order chi connectivity index (χ1) is 7.65. The first kappa shape index (κ1) is 12.9. The Hall–Kier alpha value is -1.18. The molecule has 0 saturated heterocycles. The molecule has 0 saturated carbocycles. The molecule has 0 amide bonds. The molecule has 0 bridgehead atoms. The number of nitriles is 1. The maximum Gasteiger partial charge on any atom is 0.103 e. The smallest absolute Gasteiger partial charge is 0.103 e. The summed E-state index contributed by atoms with van der Waals surface area (Å²) in [5, 5.41) is 18.3. The molecular weight excluding hydrogens is 220 g/mol. The van der Waals surface area contributed by atoms with Gasteiger partial charge in [0.15, 0.2) is 0 Å². The van der Waals surface area contributed by atoms with E-state index in [1.165, 1.54) is 0 Å². The summed E-state index contributed by atoms with van der Waals surface area (Å²) in [7, 11) is 1.89. The minimum absolute atomic E-state index is 0.00389. The zero-order chi connectivity index (χ0) is 12.1. The van der Waals surface area contributed by atoms with E-state index >= 15 is 0 Å². The van der Waals surface area contributed by atoms with Crippen molar-refractivity contribution in [1.29, 1.82) is 5.26 Å². The topological polar surface area (TPSA) is 47.3 Å². The first-order valence-corrected chi connectivity index (χ1v) is 6.29. The van der Waals surface area contributed by atoms with Crippen LogP contribution in [0.2, 0.25) is 0 Å². The van der Waals surface area contributed by atoms with Crippen molar-refractivity contribution in [3.05, 3.63) is 23.8 Å². The Morgan fingerprint density at radius 1 is 1.56 bits per heavy atom. The summed E-state index contributed by atoms with van der Waals surface area (Å²) < 4.78 is 0. The summed E-state index contributed by atoms with van der Waals surface area (Å²) in [6.07, 6.45) is 1.95. The number of hydrogen-bond acceptors (Lipinski definition) is 4. The molecule has 4 heteroatoms. The van der Waals surface area contributed by atoms with E-state index in [9.17, 15) is 5.26 Å². The van der Waals surface area contributed by atoms with E-state index in [2.05, 4.69) is 6.07 Å². The lowest BCUT2D eigenvalue weighted by atomic mass is 10.1. The summed E-state index contributed by atoms with van der Waals surface area (Å²) in [6, 6.07) is 8.01. The molecule has 1 aromatic rings. The van der Waals surface area contributed by atoms with Crippen LogP contribution in [0, 0.1) is 11.3 Å². The standard InChI is InChI=1S/C12H16N2OS/c1-9(8-15)14(2)11-5-4-6-12(16-3)10(11)7-13/h4-6,9,15H,8H2,1-3H3. The highest BCUT2D eigenvalue weighted by molar-refractivity contribution is 7.98. The fourth-order valence-corrected chi connectivity index (χ4v) is 2.02. The Morgan fingerprint density at radius 3 is 2.75 bits per heavy atom. The second-order valence-corrected chi connectivity index (χ2v) is 4.46. The van der Waals surface area contributed by atoms with Crippen molar-refractivity contribution in [1.82, 2.24) is 0 Å². The van der Waals surface area contributed by atoms with E-state index in [0.29, 0.717) is 5.56 Å². The van der Waals surface area contributed by atoms with Crippen LogP contribution in [0.4, 0.5) is 5.69 Å². The third-order valence-electron chi connectivity index (χ3n) is 2.64. The normalized spacial score (nSPS) is 11.9. The maximum atomic E-state index is 9.18. The number of aliphatic hydroxyl groups excluding tert-OH is 1. The van der Waals surface area contributed by atoms with Crippen LogP contribution >= 0.6 is 11.8 Å². The average molecular weight is 236 g/mol. The molecule has 1 rings (SSSR count). The van der Waals surface area contributed by atoms with Gasteiger partial charge in [-0.1, -0.05) is 6.07 Å². The Morgan fingerprint density at radius 2 is 2.25 bits per heavy atom. The van der Waals surface area contributed by atoms with Crippen LogP contribution in [0.25, 0.3) is 0 Å². The van der Waals surface area contributed by atoms with Gasteiger partial charge < -0.3 is 10.0 Å². The molecule has 16 heavy (non-hydrogen) atoms. The molecule has 0 aliphatic heterocycles. The number of anilines is 1. The molecule has 0 aliphatic carbocycles. The number of aliphatic hydroxyl groups is 1. The Labute approximate surface area is 101 Å². The van der Waals surface area contributed by atoms with E-state index in [1.54, 1.807) is 11.8 Å². The molecule has 1 atom stereocenters. The van der Waals surface area contributed by atoms with Crippen molar-refractivity contribution in [2.75, 3.05) is 24.8 Å². The van der Waals surface area contributed by atoms with Crippen LogP contribution in [0.5, 0.6) is 0 Å². The SMILES string of the molecule is CSc1cccc(N(C)C(C)CO)c1C#N. The number of nitrogens with zero attached hydrogens (tertiary/aromatic N) is 2. The lowest BCUT2D eigenvalue weighted by Crippen LogP contribution is -2.32. The molecule has 0 heterocycles. The van der Waals surface area contributed by atoms with Crippen molar-refractivity contribution < 1.29 is 5.11 Å². The predicted octanol–water partition coefficient (Wildman–Crippen LogP) is 2.10. The van der Waals surface area contributed by atoms with Gasteiger partial charge in [-0.05, 0) is 25.3 Å². The third kappa shape index (κ3) is 2.49. The van der Waals surface area contributed by atoms with Gasteiger partial charge in [0.1, 0.15) is 6.07 Å². The van der Waals surface area contributed by atoms with Gasteiger partial charge in [-0.15, -0.1) is 11.8 Å². The lowest BCUT2D eigenvalue weighted by molar-refractivity contribution is 0.270. The highest BCUT2D eigenvalue weighted by Gasteiger charge is 2.14. The van der Waals surface area contributed by atoms with Gasteiger partial charge in [0.2, 0.25) is 0 Å². The number of thioether (sulfide) groups is 1. The molecule has 0 spiro atoms. The fourth-order valence-electron chi connectivity index (χ4n) is 1.46. The highest BCUT2D eigenvalue weighted by atomic mass is 32.2.